The molecule has 1 aromatic carbocycles. The van der Waals surface area contributed by atoms with Gasteiger partial charge in [0.15, 0.2) is 5.69 Å². The van der Waals surface area contributed by atoms with Crippen molar-refractivity contribution in [1.82, 2.24) is 15.0 Å². The Morgan fingerprint density at radius 1 is 1.48 bits per heavy atom. The van der Waals surface area contributed by atoms with Crippen molar-refractivity contribution in [2.75, 3.05) is 0 Å². The molecule has 2 rings (SSSR count). The quantitative estimate of drug-likeness (QED) is 0.894. The first-order chi connectivity index (χ1) is 9.88. The standard InChI is InChI=1S/C14H15BrFN3O2/c1-8(2)5-12-13(14(20)21)17-18-19(12)7-9-6-10(16)3-4-11(9)15/h3-4,6,8H,5,7H2,1-2H3,(H,20,21). The lowest BCUT2D eigenvalue weighted by molar-refractivity contribution is 0.0689. The summed E-state index contributed by atoms with van der Waals surface area (Å²) in [6.07, 6.45) is 0.543. The third kappa shape index (κ3) is 3.66. The molecular formula is C14H15BrFN3O2. The van der Waals surface area contributed by atoms with Crippen LogP contribution < -0.4 is 0 Å². The Labute approximate surface area is 129 Å². The molecule has 0 aliphatic heterocycles. The molecule has 21 heavy (non-hydrogen) atoms. The van der Waals surface area contributed by atoms with Gasteiger partial charge >= 0.3 is 5.97 Å². The summed E-state index contributed by atoms with van der Waals surface area (Å²) in [5.74, 6) is -1.19. The van der Waals surface area contributed by atoms with Crippen LogP contribution in [-0.2, 0) is 13.0 Å². The summed E-state index contributed by atoms with van der Waals surface area (Å²) >= 11 is 3.35. The Bertz CT molecular complexity index is 670. The van der Waals surface area contributed by atoms with E-state index in [2.05, 4.69) is 26.2 Å². The second kappa shape index (κ2) is 6.34. The molecular weight excluding hydrogens is 341 g/mol. The number of nitrogens with zero attached hydrogens (tertiary/aromatic N) is 3. The molecule has 112 valence electrons. The molecule has 7 heteroatoms. The van der Waals surface area contributed by atoms with Crippen LogP contribution in [0.5, 0.6) is 0 Å². The first-order valence-electron chi connectivity index (χ1n) is 6.48. The van der Waals surface area contributed by atoms with Crippen LogP contribution in [0, 0.1) is 11.7 Å². The Morgan fingerprint density at radius 3 is 2.81 bits per heavy atom. The van der Waals surface area contributed by atoms with Gasteiger partial charge in [0, 0.05) is 4.47 Å². The third-order valence-corrected chi connectivity index (χ3v) is 3.74. The Balaban J connectivity index is 2.39. The fourth-order valence-electron chi connectivity index (χ4n) is 2.04. The first-order valence-corrected chi connectivity index (χ1v) is 7.27. The monoisotopic (exact) mass is 355 g/mol. The molecule has 0 spiro atoms. The summed E-state index contributed by atoms with van der Waals surface area (Å²) in [7, 11) is 0. The zero-order valence-electron chi connectivity index (χ0n) is 11.7. The van der Waals surface area contributed by atoms with Crippen molar-refractivity contribution in [3.05, 3.63) is 45.4 Å². The summed E-state index contributed by atoms with van der Waals surface area (Å²) in [6, 6.07) is 4.36. The van der Waals surface area contributed by atoms with E-state index in [-0.39, 0.29) is 24.0 Å². The molecule has 5 nitrogen and oxygen atoms in total. The maximum atomic E-state index is 13.3. The van der Waals surface area contributed by atoms with Crippen molar-refractivity contribution in [2.45, 2.75) is 26.8 Å². The number of hydrogen-bond donors (Lipinski definition) is 1. The van der Waals surface area contributed by atoms with Gasteiger partial charge in [-0.3, -0.25) is 0 Å². The molecule has 0 amide bonds. The van der Waals surface area contributed by atoms with Gasteiger partial charge in [-0.15, -0.1) is 5.10 Å². The number of carboxylic acid groups (broad SMARTS) is 1. The van der Waals surface area contributed by atoms with Crippen LogP contribution >= 0.6 is 15.9 Å². The predicted octanol–water partition coefficient (Wildman–Crippen LogP) is 3.12. The maximum absolute atomic E-state index is 13.3. The van der Waals surface area contributed by atoms with Crippen LogP contribution in [-0.4, -0.2) is 26.1 Å². The largest absolute Gasteiger partial charge is 0.476 e. The highest BCUT2D eigenvalue weighted by molar-refractivity contribution is 9.10. The number of halogens is 2. The van der Waals surface area contributed by atoms with E-state index < -0.39 is 5.97 Å². The Morgan fingerprint density at radius 2 is 2.19 bits per heavy atom. The van der Waals surface area contributed by atoms with Gasteiger partial charge < -0.3 is 5.11 Å². The number of hydrogen-bond acceptors (Lipinski definition) is 3. The fraction of sp³-hybridized carbons (Fsp3) is 0.357. The van der Waals surface area contributed by atoms with E-state index in [9.17, 15) is 14.3 Å². The molecule has 0 aliphatic carbocycles. The van der Waals surface area contributed by atoms with Gasteiger partial charge in [-0.25, -0.2) is 13.9 Å². The lowest BCUT2D eigenvalue weighted by Crippen LogP contribution is -2.12. The van der Waals surface area contributed by atoms with Gasteiger partial charge in [-0.2, -0.15) is 0 Å². The number of carboxylic acids is 1. The van der Waals surface area contributed by atoms with E-state index in [1.165, 1.54) is 16.8 Å². The van der Waals surface area contributed by atoms with Gasteiger partial charge in [0.2, 0.25) is 0 Å². The van der Waals surface area contributed by atoms with Gasteiger partial charge in [-0.1, -0.05) is 35.0 Å². The molecule has 0 unspecified atom stereocenters. The average molecular weight is 356 g/mol. The molecule has 2 aromatic rings. The van der Waals surface area contributed by atoms with E-state index in [4.69, 9.17) is 0 Å². The van der Waals surface area contributed by atoms with Gasteiger partial charge in [0.25, 0.3) is 0 Å². The van der Waals surface area contributed by atoms with Crippen LogP contribution in [0.1, 0.15) is 35.6 Å². The highest BCUT2D eigenvalue weighted by Crippen LogP contribution is 2.20. The van der Waals surface area contributed by atoms with Crippen LogP contribution in [0.4, 0.5) is 4.39 Å². The number of aromatic nitrogens is 3. The molecule has 0 radical (unpaired) electrons. The minimum atomic E-state index is -1.10. The zero-order chi connectivity index (χ0) is 15.6. The average Bonchev–Trinajstić information content (AvgIpc) is 2.76. The molecule has 0 atom stereocenters. The summed E-state index contributed by atoms with van der Waals surface area (Å²) < 4.78 is 15.6. The number of aromatic carboxylic acids is 1. The van der Waals surface area contributed by atoms with E-state index in [0.29, 0.717) is 17.7 Å². The second-order valence-electron chi connectivity index (χ2n) is 5.18. The topological polar surface area (TPSA) is 68.0 Å². The number of rotatable bonds is 5. The highest BCUT2D eigenvalue weighted by atomic mass is 79.9. The zero-order valence-corrected chi connectivity index (χ0v) is 13.3. The molecule has 0 fully saturated rings. The van der Waals surface area contributed by atoms with Crippen LogP contribution in [0.15, 0.2) is 22.7 Å². The van der Waals surface area contributed by atoms with Crippen molar-refractivity contribution in [3.63, 3.8) is 0 Å². The molecule has 1 N–H and O–H groups in total. The maximum Gasteiger partial charge on any atom is 0.358 e. The summed E-state index contributed by atoms with van der Waals surface area (Å²) in [5, 5.41) is 16.8. The van der Waals surface area contributed by atoms with E-state index in [1.807, 2.05) is 13.8 Å². The first kappa shape index (κ1) is 15.6. The van der Waals surface area contributed by atoms with Crippen molar-refractivity contribution >= 4 is 21.9 Å². The molecule has 1 aromatic heterocycles. The normalized spacial score (nSPS) is 11.1. The predicted molar refractivity (Wildman–Crippen MR) is 78.7 cm³/mol. The van der Waals surface area contributed by atoms with Crippen molar-refractivity contribution < 1.29 is 14.3 Å². The second-order valence-corrected chi connectivity index (χ2v) is 6.04. The van der Waals surface area contributed by atoms with Crippen molar-refractivity contribution in [2.24, 2.45) is 5.92 Å². The van der Waals surface area contributed by atoms with Crippen molar-refractivity contribution in [3.8, 4) is 0 Å². The lowest BCUT2D eigenvalue weighted by atomic mass is 10.1. The summed E-state index contributed by atoms with van der Waals surface area (Å²) in [4.78, 5) is 11.2. The van der Waals surface area contributed by atoms with Gasteiger partial charge in [0.1, 0.15) is 5.82 Å². The van der Waals surface area contributed by atoms with Crippen LogP contribution in [0.25, 0.3) is 0 Å². The fourth-order valence-corrected chi connectivity index (χ4v) is 2.41. The lowest BCUT2D eigenvalue weighted by Gasteiger charge is -2.10. The molecule has 0 saturated carbocycles. The minimum Gasteiger partial charge on any atom is -0.476 e. The summed E-state index contributed by atoms with van der Waals surface area (Å²) in [5.41, 5.74) is 1.19. The smallest absolute Gasteiger partial charge is 0.358 e. The molecule has 1 heterocycles. The van der Waals surface area contributed by atoms with Crippen LogP contribution in [0.3, 0.4) is 0 Å². The van der Waals surface area contributed by atoms with Crippen LogP contribution in [0.2, 0.25) is 0 Å². The van der Waals surface area contributed by atoms with E-state index in [0.717, 1.165) is 4.47 Å². The Hall–Kier alpha value is -1.76. The van der Waals surface area contributed by atoms with E-state index >= 15 is 0 Å². The minimum absolute atomic E-state index is 0.0452. The number of benzene rings is 1. The van der Waals surface area contributed by atoms with E-state index in [1.54, 1.807) is 6.07 Å². The van der Waals surface area contributed by atoms with Gasteiger partial charge in [0.05, 0.1) is 12.2 Å². The highest BCUT2D eigenvalue weighted by Gasteiger charge is 2.20. The SMILES string of the molecule is CC(C)Cc1c(C(=O)O)nnn1Cc1cc(F)ccc1Br. The third-order valence-electron chi connectivity index (χ3n) is 2.97. The Kier molecular flexibility index (Phi) is 4.72. The molecule has 0 aliphatic rings. The van der Waals surface area contributed by atoms with Gasteiger partial charge in [-0.05, 0) is 36.1 Å². The summed E-state index contributed by atoms with van der Waals surface area (Å²) in [6.45, 7) is 4.24. The number of carbonyl (C=O) groups is 1. The molecule has 0 saturated heterocycles. The molecule has 0 bridgehead atoms. The van der Waals surface area contributed by atoms with Crippen molar-refractivity contribution in [1.29, 1.82) is 0 Å².